The molecule has 0 aliphatic heterocycles. The van der Waals surface area contributed by atoms with Crippen molar-refractivity contribution in [2.24, 2.45) is 5.11 Å². The van der Waals surface area contributed by atoms with E-state index in [0.717, 1.165) is 0 Å². The maximum Gasteiger partial charge on any atom is 0.176 e. The highest BCUT2D eigenvalue weighted by Crippen LogP contribution is 2.37. The largest absolute Gasteiger partial charge is 0.503 e. The number of benzene rings is 1. The molecular formula is C10H12ClN3O4. The number of hydrogen-bond acceptors (Lipinski definition) is 5. The standard InChI is InChI=1S/C10H12ClN3O4/c1-18-8-3-5(2-6(11)10(8)17)9(16)7(15)4-13-14-12/h2-3,7,9,15-17H,4H2,1H3. The zero-order valence-electron chi connectivity index (χ0n) is 9.49. The third-order valence-corrected chi connectivity index (χ3v) is 2.60. The van der Waals surface area contributed by atoms with Crippen molar-refractivity contribution >= 4 is 11.6 Å². The summed E-state index contributed by atoms with van der Waals surface area (Å²) in [5, 5.41) is 32.0. The van der Waals surface area contributed by atoms with Gasteiger partial charge < -0.3 is 20.1 Å². The summed E-state index contributed by atoms with van der Waals surface area (Å²) in [5.41, 5.74) is 8.37. The third-order valence-electron chi connectivity index (χ3n) is 2.31. The second-order valence-electron chi connectivity index (χ2n) is 3.48. The molecule has 0 heterocycles. The van der Waals surface area contributed by atoms with Crippen molar-refractivity contribution in [1.29, 1.82) is 0 Å². The van der Waals surface area contributed by atoms with Crippen LogP contribution in [0.3, 0.4) is 0 Å². The molecule has 2 unspecified atom stereocenters. The van der Waals surface area contributed by atoms with E-state index in [9.17, 15) is 15.3 Å². The molecule has 3 N–H and O–H groups in total. The van der Waals surface area contributed by atoms with Crippen molar-refractivity contribution in [2.75, 3.05) is 13.7 Å². The Bertz CT molecular complexity index is 476. The first-order valence-electron chi connectivity index (χ1n) is 4.94. The number of ether oxygens (including phenoxy) is 1. The molecule has 0 aliphatic carbocycles. The Morgan fingerprint density at radius 1 is 1.50 bits per heavy atom. The number of aromatic hydroxyl groups is 1. The van der Waals surface area contributed by atoms with E-state index < -0.39 is 12.2 Å². The van der Waals surface area contributed by atoms with Crippen molar-refractivity contribution < 1.29 is 20.1 Å². The van der Waals surface area contributed by atoms with Crippen molar-refractivity contribution in [3.63, 3.8) is 0 Å². The predicted molar refractivity (Wildman–Crippen MR) is 64.6 cm³/mol. The Balaban J connectivity index is 3.02. The van der Waals surface area contributed by atoms with Crippen LogP contribution in [-0.2, 0) is 0 Å². The van der Waals surface area contributed by atoms with Gasteiger partial charge in [0.15, 0.2) is 11.5 Å². The van der Waals surface area contributed by atoms with Gasteiger partial charge in [0.05, 0.1) is 24.8 Å². The predicted octanol–water partition coefficient (Wildman–Crippen LogP) is 1.76. The first-order valence-corrected chi connectivity index (χ1v) is 5.32. The Hall–Kier alpha value is -1.66. The fourth-order valence-electron chi connectivity index (χ4n) is 1.36. The van der Waals surface area contributed by atoms with E-state index in [1.807, 2.05) is 0 Å². The SMILES string of the molecule is COc1cc(C(O)C(O)CN=[N+]=[N-])cc(Cl)c1O. The lowest BCUT2D eigenvalue weighted by Crippen LogP contribution is -2.21. The van der Waals surface area contributed by atoms with Gasteiger partial charge in [-0.25, -0.2) is 0 Å². The van der Waals surface area contributed by atoms with E-state index in [0.29, 0.717) is 0 Å². The number of hydrogen-bond donors (Lipinski definition) is 3. The molecule has 0 bridgehead atoms. The van der Waals surface area contributed by atoms with Crippen LogP contribution in [0.25, 0.3) is 10.4 Å². The molecule has 0 saturated carbocycles. The van der Waals surface area contributed by atoms with Gasteiger partial charge in [-0.3, -0.25) is 0 Å². The van der Waals surface area contributed by atoms with Gasteiger partial charge in [0.1, 0.15) is 6.10 Å². The van der Waals surface area contributed by atoms with Crippen molar-refractivity contribution in [3.8, 4) is 11.5 Å². The van der Waals surface area contributed by atoms with Gasteiger partial charge in [0.2, 0.25) is 0 Å². The average molecular weight is 274 g/mol. The minimum atomic E-state index is -1.30. The number of aliphatic hydroxyl groups is 2. The number of azide groups is 1. The zero-order valence-corrected chi connectivity index (χ0v) is 10.2. The summed E-state index contributed by atoms with van der Waals surface area (Å²) in [6.07, 6.45) is -2.58. The van der Waals surface area contributed by atoms with Crippen LogP contribution in [0.15, 0.2) is 17.2 Å². The fourth-order valence-corrected chi connectivity index (χ4v) is 1.58. The number of nitrogens with zero attached hydrogens (tertiary/aromatic N) is 3. The molecule has 98 valence electrons. The first-order chi connectivity index (χ1) is 8.51. The maximum absolute atomic E-state index is 9.82. The van der Waals surface area contributed by atoms with Gasteiger partial charge in [0, 0.05) is 4.91 Å². The summed E-state index contributed by atoms with van der Waals surface area (Å²) >= 11 is 5.75. The first kappa shape index (κ1) is 14.4. The highest BCUT2D eigenvalue weighted by molar-refractivity contribution is 6.32. The lowest BCUT2D eigenvalue weighted by Gasteiger charge is -2.17. The Labute approximate surface area is 108 Å². The summed E-state index contributed by atoms with van der Waals surface area (Å²) in [7, 11) is 1.33. The summed E-state index contributed by atoms with van der Waals surface area (Å²) < 4.78 is 4.87. The summed E-state index contributed by atoms with van der Waals surface area (Å²) in [6.45, 7) is -0.279. The molecule has 0 spiro atoms. The highest BCUT2D eigenvalue weighted by Gasteiger charge is 2.20. The molecular weight excluding hydrogens is 262 g/mol. The molecule has 0 saturated heterocycles. The lowest BCUT2D eigenvalue weighted by atomic mass is 10.0. The van der Waals surface area contributed by atoms with E-state index in [2.05, 4.69) is 10.0 Å². The Morgan fingerprint density at radius 3 is 2.72 bits per heavy atom. The van der Waals surface area contributed by atoms with Crippen LogP contribution in [0.2, 0.25) is 5.02 Å². The zero-order chi connectivity index (χ0) is 13.7. The monoisotopic (exact) mass is 273 g/mol. The molecule has 1 rings (SSSR count). The van der Waals surface area contributed by atoms with Gasteiger partial charge in [-0.05, 0) is 23.2 Å². The second-order valence-corrected chi connectivity index (χ2v) is 3.89. The van der Waals surface area contributed by atoms with E-state index in [1.54, 1.807) is 0 Å². The number of halogens is 1. The molecule has 0 radical (unpaired) electrons. The van der Waals surface area contributed by atoms with Crippen LogP contribution in [0, 0.1) is 0 Å². The van der Waals surface area contributed by atoms with Crippen LogP contribution in [0.5, 0.6) is 11.5 Å². The minimum absolute atomic E-state index is 0.0145. The van der Waals surface area contributed by atoms with Crippen LogP contribution in [0.1, 0.15) is 11.7 Å². The van der Waals surface area contributed by atoms with E-state index in [1.165, 1.54) is 19.2 Å². The van der Waals surface area contributed by atoms with Gasteiger partial charge >= 0.3 is 0 Å². The number of aliphatic hydroxyl groups excluding tert-OH is 2. The van der Waals surface area contributed by atoms with Gasteiger partial charge in [0.25, 0.3) is 0 Å². The number of rotatable bonds is 5. The normalized spacial score (nSPS) is 13.6. The summed E-state index contributed by atoms with van der Waals surface area (Å²) in [4.78, 5) is 2.48. The van der Waals surface area contributed by atoms with Crippen LogP contribution < -0.4 is 4.74 Å². The van der Waals surface area contributed by atoms with E-state index in [-0.39, 0.29) is 28.6 Å². The number of methoxy groups -OCH3 is 1. The van der Waals surface area contributed by atoms with E-state index in [4.69, 9.17) is 21.9 Å². The third kappa shape index (κ3) is 3.18. The van der Waals surface area contributed by atoms with Crippen LogP contribution >= 0.6 is 11.6 Å². The van der Waals surface area contributed by atoms with Crippen LogP contribution in [0.4, 0.5) is 0 Å². The molecule has 0 amide bonds. The summed E-state index contributed by atoms with van der Waals surface area (Å²) in [5.74, 6) is -0.174. The summed E-state index contributed by atoms with van der Waals surface area (Å²) in [6, 6.07) is 2.63. The maximum atomic E-state index is 9.82. The molecule has 1 aromatic rings. The molecule has 0 aliphatic rings. The van der Waals surface area contributed by atoms with Gasteiger partial charge in [-0.15, -0.1) is 0 Å². The van der Waals surface area contributed by atoms with Crippen molar-refractivity contribution in [2.45, 2.75) is 12.2 Å². The second kappa shape index (κ2) is 6.32. The average Bonchev–Trinajstić information content (AvgIpc) is 2.38. The quantitative estimate of drug-likeness (QED) is 0.430. The van der Waals surface area contributed by atoms with Crippen LogP contribution in [-0.4, -0.2) is 35.1 Å². The topological polar surface area (TPSA) is 119 Å². The van der Waals surface area contributed by atoms with Crippen molar-refractivity contribution in [1.82, 2.24) is 0 Å². The Kier molecular flexibility index (Phi) is 5.06. The highest BCUT2D eigenvalue weighted by atomic mass is 35.5. The molecule has 18 heavy (non-hydrogen) atoms. The molecule has 8 heteroatoms. The number of phenols is 1. The minimum Gasteiger partial charge on any atom is -0.503 e. The van der Waals surface area contributed by atoms with Gasteiger partial charge in [-0.2, -0.15) is 0 Å². The molecule has 0 aromatic heterocycles. The fraction of sp³-hybridized carbons (Fsp3) is 0.400. The molecule has 7 nitrogen and oxygen atoms in total. The smallest absolute Gasteiger partial charge is 0.176 e. The van der Waals surface area contributed by atoms with Gasteiger partial charge in [-0.1, -0.05) is 16.7 Å². The number of phenolic OH excluding ortho intramolecular Hbond substituents is 1. The lowest BCUT2D eigenvalue weighted by molar-refractivity contribution is 0.0243. The van der Waals surface area contributed by atoms with Crippen molar-refractivity contribution in [3.05, 3.63) is 33.2 Å². The molecule has 2 atom stereocenters. The molecule has 1 aromatic carbocycles. The Morgan fingerprint density at radius 2 is 2.17 bits per heavy atom. The van der Waals surface area contributed by atoms with E-state index >= 15 is 0 Å². The molecule has 0 fully saturated rings.